The third-order valence-corrected chi connectivity index (χ3v) is 8.86. The van der Waals surface area contributed by atoms with Gasteiger partial charge in [0.05, 0.1) is 12.7 Å². The molecule has 0 aliphatic rings. The minimum atomic E-state index is -0.847. The van der Waals surface area contributed by atoms with Gasteiger partial charge in [0.25, 0.3) is 0 Å². The highest BCUT2D eigenvalue weighted by molar-refractivity contribution is 5.70. The number of carbonyl (C=O) groups excluding carboxylic acids is 2. The van der Waals surface area contributed by atoms with Crippen molar-refractivity contribution in [2.45, 2.75) is 193 Å². The Bertz CT molecular complexity index is 931. The van der Waals surface area contributed by atoms with Gasteiger partial charge in [0.2, 0.25) is 0 Å². The van der Waals surface area contributed by atoms with Gasteiger partial charge in [0.1, 0.15) is 6.61 Å². The Morgan fingerprint density at radius 1 is 0.569 bits per heavy atom. The van der Waals surface area contributed by atoms with Crippen LogP contribution in [0.3, 0.4) is 0 Å². The molecule has 2 atom stereocenters. The molecule has 0 fully saturated rings. The molecule has 294 valence electrons. The number of aliphatic hydroxyl groups excluding tert-OH is 2. The van der Waals surface area contributed by atoms with Crippen LogP contribution in [0.15, 0.2) is 60.8 Å². The Kier molecular flexibility index (Phi) is 36.9. The highest BCUT2D eigenvalue weighted by Crippen LogP contribution is 2.15. The van der Waals surface area contributed by atoms with Gasteiger partial charge in [-0.2, -0.15) is 0 Å². The summed E-state index contributed by atoms with van der Waals surface area (Å²) in [6.45, 7) is 6.21. The normalized spacial score (nSPS) is 13.5. The maximum Gasteiger partial charge on any atom is 0.306 e. The molecular formula is C45H78O6. The van der Waals surface area contributed by atoms with Crippen molar-refractivity contribution < 1.29 is 29.3 Å². The van der Waals surface area contributed by atoms with Crippen molar-refractivity contribution in [3.8, 4) is 0 Å². The Labute approximate surface area is 313 Å². The van der Waals surface area contributed by atoms with Crippen LogP contribution in [0.1, 0.15) is 181 Å². The first-order valence-corrected chi connectivity index (χ1v) is 20.8. The molecule has 6 heteroatoms. The Morgan fingerprint density at radius 2 is 1.04 bits per heavy atom. The van der Waals surface area contributed by atoms with Crippen LogP contribution in [-0.2, 0) is 19.1 Å². The molecule has 51 heavy (non-hydrogen) atoms. The highest BCUT2D eigenvalue weighted by Gasteiger charge is 2.16. The molecule has 0 saturated carbocycles. The number of hydrogen-bond acceptors (Lipinski definition) is 6. The van der Waals surface area contributed by atoms with E-state index in [0.717, 1.165) is 50.9 Å². The molecule has 0 aromatic carbocycles. The largest absolute Gasteiger partial charge is 0.462 e. The molecule has 0 rings (SSSR count). The Balaban J connectivity index is 3.71. The number of carbonyl (C=O) groups is 2. The number of allylic oxidation sites excluding steroid dienone is 9. The smallest absolute Gasteiger partial charge is 0.306 e. The Hall–Kier alpha value is -2.44. The second kappa shape index (κ2) is 38.8. The summed E-state index contributed by atoms with van der Waals surface area (Å²) in [6.07, 6.45) is 46.0. The number of hydrogen-bond donors (Lipinski definition) is 2. The highest BCUT2D eigenvalue weighted by atomic mass is 16.6. The van der Waals surface area contributed by atoms with Gasteiger partial charge in [-0.3, -0.25) is 9.59 Å². The van der Waals surface area contributed by atoms with E-state index in [0.29, 0.717) is 19.3 Å². The molecule has 0 amide bonds. The van der Waals surface area contributed by atoms with E-state index < -0.39 is 24.8 Å². The quantitative estimate of drug-likeness (QED) is 0.0290. The lowest BCUT2D eigenvalue weighted by atomic mass is 10.0. The SMILES string of the molecule is CC/C=C\C/C=C\C/C=C\C/C=C\C=C\C(O)CCCC(=O)OC[C@H](CO)OC(=O)CCCCCCCCCCCCCCCCCCC(C)C. The fraction of sp³-hybridized carbons (Fsp3) is 0.733. The van der Waals surface area contributed by atoms with Crippen LogP contribution in [0.4, 0.5) is 0 Å². The zero-order chi connectivity index (χ0) is 37.5. The summed E-state index contributed by atoms with van der Waals surface area (Å²) in [5.41, 5.74) is 0. The van der Waals surface area contributed by atoms with Crippen molar-refractivity contribution in [2.24, 2.45) is 5.92 Å². The molecule has 0 aliphatic carbocycles. The van der Waals surface area contributed by atoms with E-state index in [4.69, 9.17) is 9.47 Å². The molecule has 1 unspecified atom stereocenters. The summed E-state index contributed by atoms with van der Waals surface area (Å²) in [5.74, 6) is 0.0548. The number of aliphatic hydroxyl groups is 2. The van der Waals surface area contributed by atoms with Crippen molar-refractivity contribution in [1.29, 1.82) is 0 Å². The van der Waals surface area contributed by atoms with Gasteiger partial charge in [-0.05, 0) is 50.9 Å². The van der Waals surface area contributed by atoms with Crippen LogP contribution in [0.5, 0.6) is 0 Å². The molecule has 0 aliphatic heterocycles. The lowest BCUT2D eigenvalue weighted by Crippen LogP contribution is -2.28. The monoisotopic (exact) mass is 715 g/mol. The standard InChI is InChI=1S/C45H78O6/c1-4-5-6-7-8-9-10-15-19-22-25-28-31-35-42(47)36-33-38-44(48)50-40-43(39-46)51-45(49)37-32-29-26-23-20-17-14-12-11-13-16-18-21-24-27-30-34-41(2)3/h5-6,8-9,15,19,25,28,31,35,41-43,46-47H,4,7,10-14,16-18,20-24,26-27,29-30,32-34,36-40H2,1-3H3/b6-5-,9-8-,19-15-,28-25-,35-31+/t42?,43-/m0/s1. The zero-order valence-electron chi connectivity index (χ0n) is 33.1. The van der Waals surface area contributed by atoms with E-state index in [2.05, 4.69) is 57.2 Å². The third-order valence-electron chi connectivity index (χ3n) is 8.86. The summed E-state index contributed by atoms with van der Waals surface area (Å²) >= 11 is 0. The van der Waals surface area contributed by atoms with Crippen LogP contribution in [0.2, 0.25) is 0 Å². The van der Waals surface area contributed by atoms with Crippen molar-refractivity contribution in [3.05, 3.63) is 60.8 Å². The number of unbranched alkanes of at least 4 members (excludes halogenated alkanes) is 15. The number of rotatable bonds is 36. The second-order valence-electron chi connectivity index (χ2n) is 14.4. The predicted octanol–water partition coefficient (Wildman–Crippen LogP) is 12.0. The minimum absolute atomic E-state index is 0.153. The third kappa shape index (κ3) is 38.6. The number of esters is 2. The maximum atomic E-state index is 12.2. The molecule has 0 heterocycles. The van der Waals surface area contributed by atoms with E-state index >= 15 is 0 Å². The fourth-order valence-electron chi connectivity index (χ4n) is 5.71. The first kappa shape index (κ1) is 48.6. The summed E-state index contributed by atoms with van der Waals surface area (Å²) in [5, 5.41) is 19.7. The van der Waals surface area contributed by atoms with E-state index in [1.54, 1.807) is 6.08 Å². The molecule has 0 bridgehead atoms. The molecule has 0 spiro atoms. The molecular weight excluding hydrogens is 636 g/mol. The number of ether oxygens (including phenoxy) is 2. The van der Waals surface area contributed by atoms with Crippen molar-refractivity contribution >= 4 is 11.9 Å². The lowest BCUT2D eigenvalue weighted by Gasteiger charge is -2.16. The van der Waals surface area contributed by atoms with E-state index in [-0.39, 0.29) is 19.0 Å². The van der Waals surface area contributed by atoms with Crippen LogP contribution in [0, 0.1) is 5.92 Å². The van der Waals surface area contributed by atoms with E-state index in [9.17, 15) is 19.8 Å². The van der Waals surface area contributed by atoms with Gasteiger partial charge in [0, 0.05) is 12.8 Å². The van der Waals surface area contributed by atoms with Gasteiger partial charge < -0.3 is 19.7 Å². The molecule has 2 N–H and O–H groups in total. The second-order valence-corrected chi connectivity index (χ2v) is 14.4. The predicted molar refractivity (Wildman–Crippen MR) is 216 cm³/mol. The molecule has 0 saturated heterocycles. The summed E-state index contributed by atoms with van der Waals surface area (Å²) in [4.78, 5) is 24.3. The van der Waals surface area contributed by atoms with Crippen molar-refractivity contribution in [1.82, 2.24) is 0 Å². The van der Waals surface area contributed by atoms with Gasteiger partial charge in [0.15, 0.2) is 6.10 Å². The molecule has 0 radical (unpaired) electrons. The van der Waals surface area contributed by atoms with Crippen LogP contribution >= 0.6 is 0 Å². The van der Waals surface area contributed by atoms with Crippen LogP contribution < -0.4 is 0 Å². The Morgan fingerprint density at radius 3 is 1.55 bits per heavy atom. The maximum absolute atomic E-state index is 12.2. The van der Waals surface area contributed by atoms with Crippen LogP contribution in [-0.4, -0.2) is 47.6 Å². The van der Waals surface area contributed by atoms with Crippen molar-refractivity contribution in [2.75, 3.05) is 13.2 Å². The summed E-state index contributed by atoms with van der Waals surface area (Å²) < 4.78 is 10.5. The van der Waals surface area contributed by atoms with E-state index in [1.807, 2.05) is 18.2 Å². The van der Waals surface area contributed by atoms with E-state index in [1.165, 1.54) is 89.9 Å². The van der Waals surface area contributed by atoms with Gasteiger partial charge >= 0.3 is 11.9 Å². The molecule has 0 aromatic heterocycles. The van der Waals surface area contributed by atoms with Gasteiger partial charge in [-0.15, -0.1) is 0 Å². The topological polar surface area (TPSA) is 93.1 Å². The first-order valence-electron chi connectivity index (χ1n) is 20.8. The van der Waals surface area contributed by atoms with Gasteiger partial charge in [-0.25, -0.2) is 0 Å². The summed E-state index contributed by atoms with van der Waals surface area (Å²) in [7, 11) is 0. The zero-order valence-corrected chi connectivity index (χ0v) is 33.1. The lowest BCUT2D eigenvalue weighted by molar-refractivity contribution is -0.161. The van der Waals surface area contributed by atoms with Crippen LogP contribution in [0.25, 0.3) is 0 Å². The van der Waals surface area contributed by atoms with Gasteiger partial charge in [-0.1, -0.05) is 184 Å². The summed E-state index contributed by atoms with van der Waals surface area (Å²) in [6, 6.07) is 0. The average Bonchev–Trinajstić information content (AvgIpc) is 3.11. The average molecular weight is 715 g/mol. The van der Waals surface area contributed by atoms with Crippen molar-refractivity contribution in [3.63, 3.8) is 0 Å². The molecule has 0 aromatic rings. The minimum Gasteiger partial charge on any atom is -0.462 e. The first-order chi connectivity index (χ1) is 24.9. The fourth-order valence-corrected chi connectivity index (χ4v) is 5.71. The molecule has 6 nitrogen and oxygen atoms in total.